The molecule has 0 spiro atoms. The van der Waals surface area contributed by atoms with Crippen molar-refractivity contribution < 1.29 is 4.52 Å². The zero-order valence-corrected chi connectivity index (χ0v) is 13.0. The summed E-state index contributed by atoms with van der Waals surface area (Å²) in [5.41, 5.74) is 7.35. The molecule has 0 aliphatic heterocycles. The van der Waals surface area contributed by atoms with E-state index in [1.807, 2.05) is 12.1 Å². The molecule has 108 valence electrons. The van der Waals surface area contributed by atoms with E-state index < -0.39 is 0 Å². The number of aryl methyl sites for hydroxylation is 1. The number of rotatable bonds is 6. The maximum absolute atomic E-state index is 6.09. The van der Waals surface area contributed by atoms with E-state index >= 15 is 0 Å². The van der Waals surface area contributed by atoms with Crippen LogP contribution in [0.4, 0.5) is 0 Å². The number of aromatic nitrogens is 2. The molecule has 20 heavy (non-hydrogen) atoms. The fourth-order valence-electron chi connectivity index (χ4n) is 1.82. The highest BCUT2D eigenvalue weighted by Gasteiger charge is 2.19. The molecule has 4 nitrogen and oxygen atoms in total. The lowest BCUT2D eigenvalue weighted by molar-refractivity contribution is 0.311. The van der Waals surface area contributed by atoms with Gasteiger partial charge in [-0.25, -0.2) is 0 Å². The van der Waals surface area contributed by atoms with Gasteiger partial charge >= 0.3 is 0 Å². The zero-order valence-electron chi connectivity index (χ0n) is 12.2. The fraction of sp³-hybridized carbons (Fsp3) is 0.467. The topological polar surface area (TPSA) is 64.9 Å². The van der Waals surface area contributed by atoms with Crippen molar-refractivity contribution in [2.45, 2.75) is 43.9 Å². The standard InChI is InChI=1S/C15H21N3OS/c1-4-10(2)14(16)15-17-13(18-19-15)9-20-12-8-6-5-7-11(12)3/h5-8,10,14H,4,9,16H2,1-3H3/t10?,14-/m0/s1. The molecule has 0 radical (unpaired) electrons. The summed E-state index contributed by atoms with van der Waals surface area (Å²) in [5.74, 6) is 2.28. The molecule has 2 rings (SSSR count). The summed E-state index contributed by atoms with van der Waals surface area (Å²) in [6.07, 6.45) is 0.997. The molecule has 0 aliphatic rings. The van der Waals surface area contributed by atoms with E-state index in [0.29, 0.717) is 23.4 Å². The van der Waals surface area contributed by atoms with Crippen LogP contribution in [-0.4, -0.2) is 10.1 Å². The molecule has 0 saturated heterocycles. The molecule has 0 saturated carbocycles. The largest absolute Gasteiger partial charge is 0.338 e. The first kappa shape index (κ1) is 15.1. The van der Waals surface area contributed by atoms with Gasteiger partial charge in [-0.15, -0.1) is 11.8 Å². The predicted molar refractivity (Wildman–Crippen MR) is 81.4 cm³/mol. The Kier molecular flexibility index (Phi) is 5.20. The van der Waals surface area contributed by atoms with E-state index in [2.05, 4.69) is 43.0 Å². The fourth-order valence-corrected chi connectivity index (χ4v) is 2.69. The van der Waals surface area contributed by atoms with Crippen LogP contribution in [0.3, 0.4) is 0 Å². The quantitative estimate of drug-likeness (QED) is 0.822. The zero-order chi connectivity index (χ0) is 14.5. The van der Waals surface area contributed by atoms with Crippen molar-refractivity contribution in [3.63, 3.8) is 0 Å². The van der Waals surface area contributed by atoms with Crippen LogP contribution in [0.15, 0.2) is 33.7 Å². The lowest BCUT2D eigenvalue weighted by Gasteiger charge is -2.12. The molecule has 2 atom stereocenters. The lowest BCUT2D eigenvalue weighted by Crippen LogP contribution is -2.18. The predicted octanol–water partition coefficient (Wildman–Crippen LogP) is 3.72. The first-order chi connectivity index (χ1) is 9.61. The van der Waals surface area contributed by atoms with Gasteiger partial charge in [0.2, 0.25) is 5.89 Å². The van der Waals surface area contributed by atoms with Gasteiger partial charge in [0.1, 0.15) is 0 Å². The number of hydrogen-bond acceptors (Lipinski definition) is 5. The summed E-state index contributed by atoms with van der Waals surface area (Å²) in [5, 5.41) is 4.01. The number of thioether (sulfide) groups is 1. The minimum Gasteiger partial charge on any atom is -0.338 e. The molecule has 1 aromatic heterocycles. The van der Waals surface area contributed by atoms with Crippen molar-refractivity contribution in [1.29, 1.82) is 0 Å². The molecule has 5 heteroatoms. The Balaban J connectivity index is 1.98. The van der Waals surface area contributed by atoms with Gasteiger partial charge in [0, 0.05) is 4.90 Å². The van der Waals surface area contributed by atoms with E-state index in [9.17, 15) is 0 Å². The second kappa shape index (κ2) is 6.90. The van der Waals surface area contributed by atoms with E-state index in [1.54, 1.807) is 11.8 Å². The molecule has 2 aromatic rings. The van der Waals surface area contributed by atoms with Crippen LogP contribution in [0.1, 0.15) is 43.6 Å². The van der Waals surface area contributed by atoms with Crippen molar-refractivity contribution in [2.75, 3.05) is 0 Å². The SMILES string of the molecule is CCC(C)[C@H](N)c1nc(CSc2ccccc2C)no1. The Morgan fingerprint density at radius 3 is 2.80 bits per heavy atom. The number of nitrogens with two attached hydrogens (primary N) is 1. The monoisotopic (exact) mass is 291 g/mol. The van der Waals surface area contributed by atoms with Crippen molar-refractivity contribution in [1.82, 2.24) is 10.1 Å². The minimum atomic E-state index is -0.176. The van der Waals surface area contributed by atoms with Gasteiger partial charge in [-0.05, 0) is 24.5 Å². The maximum atomic E-state index is 6.09. The summed E-state index contributed by atoms with van der Waals surface area (Å²) in [6.45, 7) is 6.30. The molecule has 0 bridgehead atoms. The van der Waals surface area contributed by atoms with Crippen molar-refractivity contribution in [3.8, 4) is 0 Å². The molecule has 0 amide bonds. The molecule has 1 heterocycles. The molecular formula is C15H21N3OS. The first-order valence-electron chi connectivity index (χ1n) is 6.88. The first-order valence-corrected chi connectivity index (χ1v) is 7.86. The van der Waals surface area contributed by atoms with Crippen LogP contribution in [0.5, 0.6) is 0 Å². The average Bonchev–Trinajstić information content (AvgIpc) is 2.93. The summed E-state index contributed by atoms with van der Waals surface area (Å²) >= 11 is 1.71. The highest BCUT2D eigenvalue weighted by molar-refractivity contribution is 7.98. The molecule has 1 unspecified atom stereocenters. The van der Waals surface area contributed by atoms with Gasteiger partial charge < -0.3 is 10.3 Å². The maximum Gasteiger partial charge on any atom is 0.243 e. The van der Waals surface area contributed by atoms with E-state index in [4.69, 9.17) is 10.3 Å². The highest BCUT2D eigenvalue weighted by Crippen LogP contribution is 2.26. The van der Waals surface area contributed by atoms with Crippen LogP contribution in [0, 0.1) is 12.8 Å². The highest BCUT2D eigenvalue weighted by atomic mass is 32.2. The third kappa shape index (κ3) is 3.61. The lowest BCUT2D eigenvalue weighted by atomic mass is 10.0. The Labute approximate surface area is 124 Å². The van der Waals surface area contributed by atoms with E-state index in [0.717, 1.165) is 6.42 Å². The number of benzene rings is 1. The molecular weight excluding hydrogens is 270 g/mol. The normalized spacial score (nSPS) is 14.2. The molecule has 0 aliphatic carbocycles. The third-order valence-corrected chi connectivity index (χ3v) is 4.65. The second-order valence-electron chi connectivity index (χ2n) is 5.01. The Hall–Kier alpha value is -1.33. The Bertz CT molecular complexity index is 556. The van der Waals surface area contributed by atoms with Crippen molar-refractivity contribution in [2.24, 2.45) is 11.7 Å². The van der Waals surface area contributed by atoms with Crippen LogP contribution in [0.25, 0.3) is 0 Å². The summed E-state index contributed by atoms with van der Waals surface area (Å²) in [6, 6.07) is 8.10. The van der Waals surface area contributed by atoms with Crippen LogP contribution < -0.4 is 5.73 Å². The van der Waals surface area contributed by atoms with E-state index in [1.165, 1.54) is 10.5 Å². The van der Waals surface area contributed by atoms with Crippen LogP contribution in [-0.2, 0) is 5.75 Å². The summed E-state index contributed by atoms with van der Waals surface area (Å²) in [4.78, 5) is 5.64. The third-order valence-electron chi connectivity index (χ3n) is 3.48. The van der Waals surface area contributed by atoms with Gasteiger partial charge in [0.15, 0.2) is 5.82 Å². The number of nitrogens with zero attached hydrogens (tertiary/aromatic N) is 2. The van der Waals surface area contributed by atoms with Crippen molar-refractivity contribution >= 4 is 11.8 Å². The summed E-state index contributed by atoms with van der Waals surface area (Å²) in [7, 11) is 0. The van der Waals surface area contributed by atoms with E-state index in [-0.39, 0.29) is 6.04 Å². The summed E-state index contributed by atoms with van der Waals surface area (Å²) < 4.78 is 5.27. The van der Waals surface area contributed by atoms with Crippen molar-refractivity contribution in [3.05, 3.63) is 41.5 Å². The molecule has 1 aromatic carbocycles. The number of hydrogen-bond donors (Lipinski definition) is 1. The second-order valence-corrected chi connectivity index (χ2v) is 6.03. The minimum absolute atomic E-state index is 0.176. The van der Waals surface area contributed by atoms with Crippen LogP contribution in [0.2, 0.25) is 0 Å². The van der Waals surface area contributed by atoms with Gasteiger partial charge in [-0.2, -0.15) is 4.98 Å². The van der Waals surface area contributed by atoms with Gasteiger partial charge in [0.05, 0.1) is 11.8 Å². The van der Waals surface area contributed by atoms with Crippen LogP contribution >= 0.6 is 11.8 Å². The van der Waals surface area contributed by atoms with Gasteiger partial charge in [0.25, 0.3) is 0 Å². The Morgan fingerprint density at radius 2 is 2.10 bits per heavy atom. The smallest absolute Gasteiger partial charge is 0.243 e. The average molecular weight is 291 g/mol. The Morgan fingerprint density at radius 1 is 1.35 bits per heavy atom. The molecule has 2 N–H and O–H groups in total. The van der Waals surface area contributed by atoms with Gasteiger partial charge in [-0.3, -0.25) is 0 Å². The van der Waals surface area contributed by atoms with Gasteiger partial charge in [-0.1, -0.05) is 43.6 Å². The molecule has 0 fully saturated rings.